The molecular formula is C16H16O3. The minimum atomic E-state index is -0.945. The molecular weight excluding hydrogens is 240 g/mol. The molecule has 98 valence electrons. The van der Waals surface area contributed by atoms with Gasteiger partial charge >= 0.3 is 5.97 Å². The zero-order valence-electron chi connectivity index (χ0n) is 11.0. The van der Waals surface area contributed by atoms with Crippen LogP contribution in [0.1, 0.15) is 27.0 Å². The van der Waals surface area contributed by atoms with Gasteiger partial charge in [0.05, 0.1) is 12.2 Å². The van der Waals surface area contributed by atoms with Crippen LogP contribution in [0.25, 0.3) is 11.1 Å². The Balaban J connectivity index is 2.67. The van der Waals surface area contributed by atoms with Crippen LogP contribution in [-0.2, 0) is 6.61 Å². The third kappa shape index (κ3) is 2.66. The van der Waals surface area contributed by atoms with Gasteiger partial charge in [0, 0.05) is 0 Å². The Hall–Kier alpha value is -2.13. The van der Waals surface area contributed by atoms with Crippen molar-refractivity contribution < 1.29 is 15.0 Å². The van der Waals surface area contributed by atoms with Gasteiger partial charge in [0.25, 0.3) is 0 Å². The normalized spacial score (nSPS) is 10.5. The number of aromatic carboxylic acids is 1. The van der Waals surface area contributed by atoms with E-state index in [2.05, 4.69) is 0 Å². The number of aryl methyl sites for hydroxylation is 2. The lowest BCUT2D eigenvalue weighted by atomic mass is 9.93. The van der Waals surface area contributed by atoms with Gasteiger partial charge in [-0.25, -0.2) is 4.79 Å². The van der Waals surface area contributed by atoms with Gasteiger partial charge in [0.15, 0.2) is 0 Å². The van der Waals surface area contributed by atoms with Gasteiger partial charge in [-0.1, -0.05) is 29.8 Å². The first-order valence-electron chi connectivity index (χ1n) is 6.07. The number of carboxylic acid groups (broad SMARTS) is 1. The molecule has 3 heteroatoms. The van der Waals surface area contributed by atoms with Gasteiger partial charge < -0.3 is 10.2 Å². The maximum absolute atomic E-state index is 11.1. The molecule has 0 aliphatic rings. The molecule has 3 nitrogen and oxygen atoms in total. The quantitative estimate of drug-likeness (QED) is 0.886. The van der Waals surface area contributed by atoms with Gasteiger partial charge in [-0.15, -0.1) is 0 Å². The largest absolute Gasteiger partial charge is 0.478 e. The molecule has 0 spiro atoms. The van der Waals surface area contributed by atoms with Gasteiger partial charge in [0.2, 0.25) is 0 Å². The van der Waals surface area contributed by atoms with Crippen molar-refractivity contribution in [3.8, 4) is 11.1 Å². The van der Waals surface area contributed by atoms with Crippen LogP contribution in [0, 0.1) is 13.8 Å². The monoisotopic (exact) mass is 256 g/mol. The van der Waals surface area contributed by atoms with Gasteiger partial charge in [0.1, 0.15) is 0 Å². The van der Waals surface area contributed by atoms with E-state index in [1.54, 1.807) is 18.2 Å². The second kappa shape index (κ2) is 5.24. The van der Waals surface area contributed by atoms with E-state index in [1.165, 1.54) is 0 Å². The fraction of sp³-hybridized carbons (Fsp3) is 0.188. The van der Waals surface area contributed by atoms with Gasteiger partial charge in [-0.2, -0.15) is 0 Å². The zero-order valence-corrected chi connectivity index (χ0v) is 11.0. The molecule has 0 aromatic heterocycles. The number of aliphatic hydroxyl groups excluding tert-OH is 1. The van der Waals surface area contributed by atoms with Crippen LogP contribution in [0.4, 0.5) is 0 Å². The zero-order chi connectivity index (χ0) is 14.0. The minimum Gasteiger partial charge on any atom is -0.478 e. The summed E-state index contributed by atoms with van der Waals surface area (Å²) in [6.45, 7) is 3.85. The van der Waals surface area contributed by atoms with Gasteiger partial charge in [-0.05, 0) is 48.2 Å². The predicted octanol–water partition coefficient (Wildman–Crippen LogP) is 3.16. The van der Waals surface area contributed by atoms with Crippen LogP contribution in [0.3, 0.4) is 0 Å². The summed E-state index contributed by atoms with van der Waals surface area (Å²) in [6.07, 6.45) is 0. The summed E-state index contributed by atoms with van der Waals surface area (Å²) in [5.74, 6) is -0.945. The second-order valence-corrected chi connectivity index (χ2v) is 4.65. The molecule has 2 N–H and O–H groups in total. The lowest BCUT2D eigenvalue weighted by Crippen LogP contribution is -1.99. The minimum absolute atomic E-state index is 0.0631. The van der Waals surface area contributed by atoms with Crippen molar-refractivity contribution in [2.45, 2.75) is 20.5 Å². The number of hydrogen-bond donors (Lipinski definition) is 2. The van der Waals surface area contributed by atoms with E-state index in [9.17, 15) is 9.90 Å². The fourth-order valence-corrected chi connectivity index (χ4v) is 2.12. The Morgan fingerprint density at radius 1 is 1.05 bits per heavy atom. The molecule has 0 heterocycles. The Morgan fingerprint density at radius 3 is 2.42 bits per heavy atom. The Labute approximate surface area is 112 Å². The van der Waals surface area contributed by atoms with E-state index in [-0.39, 0.29) is 12.2 Å². The van der Waals surface area contributed by atoms with Crippen molar-refractivity contribution in [3.63, 3.8) is 0 Å². The maximum atomic E-state index is 11.1. The predicted molar refractivity (Wildman–Crippen MR) is 74.2 cm³/mol. The Morgan fingerprint density at radius 2 is 1.79 bits per heavy atom. The Kier molecular flexibility index (Phi) is 3.67. The average Bonchev–Trinajstić information content (AvgIpc) is 2.39. The van der Waals surface area contributed by atoms with Crippen molar-refractivity contribution >= 4 is 5.97 Å². The summed E-state index contributed by atoms with van der Waals surface area (Å²) >= 11 is 0. The maximum Gasteiger partial charge on any atom is 0.335 e. The van der Waals surface area contributed by atoms with E-state index in [0.29, 0.717) is 0 Å². The molecule has 2 aromatic carbocycles. The highest BCUT2D eigenvalue weighted by Gasteiger charge is 2.11. The van der Waals surface area contributed by atoms with E-state index < -0.39 is 5.97 Å². The summed E-state index contributed by atoms with van der Waals surface area (Å²) in [5, 5.41) is 18.5. The lowest BCUT2D eigenvalue weighted by Gasteiger charge is -2.12. The van der Waals surface area contributed by atoms with Crippen molar-refractivity contribution in [1.82, 2.24) is 0 Å². The number of carbonyl (C=O) groups is 1. The van der Waals surface area contributed by atoms with E-state index >= 15 is 0 Å². The van der Waals surface area contributed by atoms with Crippen LogP contribution < -0.4 is 0 Å². The molecule has 0 fully saturated rings. The van der Waals surface area contributed by atoms with Gasteiger partial charge in [-0.3, -0.25) is 0 Å². The van der Waals surface area contributed by atoms with Crippen LogP contribution in [0.5, 0.6) is 0 Å². The van der Waals surface area contributed by atoms with E-state index in [0.717, 1.165) is 27.8 Å². The van der Waals surface area contributed by atoms with Crippen LogP contribution >= 0.6 is 0 Å². The summed E-state index contributed by atoms with van der Waals surface area (Å²) < 4.78 is 0. The van der Waals surface area contributed by atoms with Crippen LogP contribution in [0.2, 0.25) is 0 Å². The van der Waals surface area contributed by atoms with Crippen molar-refractivity contribution in [3.05, 3.63) is 58.7 Å². The smallest absolute Gasteiger partial charge is 0.335 e. The molecule has 0 unspecified atom stereocenters. The molecule has 2 rings (SSSR count). The molecule has 0 saturated carbocycles. The average molecular weight is 256 g/mol. The molecule has 0 atom stereocenters. The molecule has 2 aromatic rings. The summed E-state index contributed by atoms with van der Waals surface area (Å²) in [5.41, 5.74) is 4.87. The van der Waals surface area contributed by atoms with Crippen molar-refractivity contribution in [1.29, 1.82) is 0 Å². The summed E-state index contributed by atoms with van der Waals surface area (Å²) in [6, 6.07) is 10.8. The highest BCUT2D eigenvalue weighted by atomic mass is 16.4. The first-order valence-corrected chi connectivity index (χ1v) is 6.07. The first kappa shape index (κ1) is 13.3. The SMILES string of the molecule is Cc1ccc(CO)c(-c2cc(C(=O)O)ccc2C)c1. The highest BCUT2D eigenvalue weighted by Crippen LogP contribution is 2.29. The fourth-order valence-electron chi connectivity index (χ4n) is 2.12. The molecule has 0 aliphatic carbocycles. The molecule has 19 heavy (non-hydrogen) atoms. The molecule has 0 bridgehead atoms. The van der Waals surface area contributed by atoms with Crippen LogP contribution in [-0.4, -0.2) is 16.2 Å². The van der Waals surface area contributed by atoms with E-state index in [4.69, 9.17) is 5.11 Å². The molecule has 0 aliphatic heterocycles. The Bertz CT molecular complexity index is 630. The number of rotatable bonds is 3. The van der Waals surface area contributed by atoms with E-state index in [1.807, 2.05) is 32.0 Å². The lowest BCUT2D eigenvalue weighted by molar-refractivity contribution is 0.0697. The standard InChI is InChI=1S/C16H16O3/c1-10-3-5-13(9-17)15(7-10)14-8-12(16(18)19)6-4-11(14)2/h3-8,17H,9H2,1-2H3,(H,18,19). The summed E-state index contributed by atoms with van der Waals surface area (Å²) in [7, 11) is 0. The van der Waals surface area contributed by atoms with Crippen molar-refractivity contribution in [2.75, 3.05) is 0 Å². The second-order valence-electron chi connectivity index (χ2n) is 4.65. The third-order valence-electron chi connectivity index (χ3n) is 3.21. The molecule has 0 radical (unpaired) electrons. The first-order chi connectivity index (χ1) is 9.02. The molecule has 0 amide bonds. The summed E-state index contributed by atoms with van der Waals surface area (Å²) in [4.78, 5) is 11.1. The number of aliphatic hydroxyl groups is 1. The third-order valence-corrected chi connectivity index (χ3v) is 3.21. The number of carboxylic acids is 1. The van der Waals surface area contributed by atoms with Crippen LogP contribution in [0.15, 0.2) is 36.4 Å². The topological polar surface area (TPSA) is 57.5 Å². The van der Waals surface area contributed by atoms with Crippen molar-refractivity contribution in [2.24, 2.45) is 0 Å². The highest BCUT2D eigenvalue weighted by molar-refractivity contribution is 5.90. The molecule has 0 saturated heterocycles. The number of hydrogen-bond acceptors (Lipinski definition) is 2. The number of benzene rings is 2.